The number of rotatable bonds is 29. The fourth-order valence-electron chi connectivity index (χ4n) is 5.64. The Morgan fingerprint density at radius 1 is 0.733 bits per heavy atom. The third-order valence-corrected chi connectivity index (χ3v) is 10.1. The van der Waals surface area contributed by atoms with Gasteiger partial charge in [-0.3, -0.25) is 4.55 Å². The zero-order valence-electron chi connectivity index (χ0n) is 29.3. The molecule has 1 aliphatic rings. The molecule has 0 bridgehead atoms. The van der Waals surface area contributed by atoms with Crippen LogP contribution in [-0.4, -0.2) is 48.9 Å². The molecule has 1 heterocycles. The van der Waals surface area contributed by atoms with Crippen molar-refractivity contribution in [1.82, 2.24) is 0 Å². The topological polar surface area (TPSA) is 173 Å². The SMILES string of the molecule is CCCCCCCCCCCCCC(C(=O)[O-])C(CCCCCCCCCCCCC)(C(=O)[O-])S(=O)(=O)O.NCC1CO1.[Na+].[Na+]. The van der Waals surface area contributed by atoms with Gasteiger partial charge in [0.2, 0.25) is 0 Å². The van der Waals surface area contributed by atoms with Crippen LogP contribution in [0.5, 0.6) is 0 Å². The molecule has 0 amide bonds. The summed E-state index contributed by atoms with van der Waals surface area (Å²) < 4.78 is 36.4. The summed E-state index contributed by atoms with van der Waals surface area (Å²) in [4.78, 5) is 24.0. The van der Waals surface area contributed by atoms with Crippen molar-refractivity contribution in [2.75, 3.05) is 13.2 Å². The fraction of sp³-hybridized carbons (Fsp3) is 0.939. The molecule has 0 aromatic carbocycles. The zero-order valence-corrected chi connectivity index (χ0v) is 34.1. The monoisotopic (exact) mass is 679 g/mol. The molecule has 256 valence electrons. The van der Waals surface area contributed by atoms with E-state index in [0.717, 1.165) is 51.6 Å². The van der Waals surface area contributed by atoms with Gasteiger partial charge in [0.25, 0.3) is 10.1 Å². The Balaban J connectivity index is -0.00000227. The summed E-state index contributed by atoms with van der Waals surface area (Å²) in [7, 11) is -5.23. The normalized spacial score (nSPS) is 15.9. The van der Waals surface area contributed by atoms with Crippen molar-refractivity contribution < 1.29 is 96.6 Å². The number of nitrogens with two attached hydrogens (primary N) is 1. The molecular weight excluding hydrogens is 616 g/mol. The summed E-state index contributed by atoms with van der Waals surface area (Å²) in [5.74, 6) is -5.66. The number of hydrogen-bond acceptors (Lipinski definition) is 8. The molecule has 0 aromatic heterocycles. The maximum absolute atomic E-state index is 12.3. The second-order valence-electron chi connectivity index (χ2n) is 12.3. The van der Waals surface area contributed by atoms with Crippen molar-refractivity contribution in [3.05, 3.63) is 0 Å². The zero-order chi connectivity index (χ0) is 32.4. The van der Waals surface area contributed by atoms with Gasteiger partial charge in [-0.2, -0.15) is 8.42 Å². The molecule has 0 aromatic rings. The second kappa shape index (κ2) is 32.0. The molecule has 0 spiro atoms. The first kappa shape index (κ1) is 50.2. The minimum Gasteiger partial charge on any atom is -0.550 e. The minimum atomic E-state index is -5.23. The van der Waals surface area contributed by atoms with E-state index in [9.17, 15) is 32.8 Å². The molecular formula is C33H63NNa2O8S. The third-order valence-electron chi connectivity index (χ3n) is 8.57. The number of epoxide rings is 1. The molecule has 12 heteroatoms. The predicted octanol–water partition coefficient (Wildman–Crippen LogP) is -0.517. The summed E-state index contributed by atoms with van der Waals surface area (Å²) in [6, 6.07) is 0. The van der Waals surface area contributed by atoms with Crippen LogP contribution in [0, 0.1) is 5.92 Å². The van der Waals surface area contributed by atoms with Crippen molar-refractivity contribution >= 4 is 22.1 Å². The van der Waals surface area contributed by atoms with E-state index in [1.54, 1.807) is 0 Å². The van der Waals surface area contributed by atoms with Crippen LogP contribution in [0.4, 0.5) is 0 Å². The van der Waals surface area contributed by atoms with Crippen LogP contribution in [-0.2, 0) is 24.4 Å². The van der Waals surface area contributed by atoms with Crippen molar-refractivity contribution in [1.29, 1.82) is 0 Å². The molecule has 1 saturated heterocycles. The standard InChI is InChI=1S/C30H58O7S.C3H7NO.2Na/c1-3-5-7-9-11-13-15-17-19-21-23-25-27(28(31)32)30(29(33)34,38(35,36)37)26-24-22-20-18-16-14-12-10-8-6-4-2;4-1-3-2-5-3;;/h27H,3-26H2,1-2H3,(H,31,32)(H,33,34)(H,35,36,37);3H,1-2,4H2;;/q;;2*+1/p-2. The number of carboxylic acids is 2. The van der Waals surface area contributed by atoms with E-state index in [1.165, 1.54) is 70.6 Å². The summed E-state index contributed by atoms with van der Waals surface area (Å²) in [6.45, 7) is 5.96. The quantitative estimate of drug-likeness (QED) is 0.0457. The van der Waals surface area contributed by atoms with Gasteiger partial charge in [0.05, 0.1) is 18.7 Å². The molecule has 3 unspecified atom stereocenters. The summed E-state index contributed by atoms with van der Waals surface area (Å²) in [5, 5.41) is 24.0. The van der Waals surface area contributed by atoms with Crippen LogP contribution >= 0.6 is 0 Å². The van der Waals surface area contributed by atoms with Crippen molar-refractivity contribution in [3.8, 4) is 0 Å². The van der Waals surface area contributed by atoms with E-state index in [-0.39, 0.29) is 72.0 Å². The average Bonchev–Trinajstić information content (AvgIpc) is 3.79. The maximum atomic E-state index is 12.3. The Kier molecular flexibility index (Phi) is 35.7. The molecule has 0 aliphatic carbocycles. The van der Waals surface area contributed by atoms with E-state index in [0.29, 0.717) is 31.9 Å². The smallest absolute Gasteiger partial charge is 0.550 e. The Labute approximate surface area is 319 Å². The first-order valence-corrected chi connectivity index (χ1v) is 18.7. The number of ether oxygens (including phenoxy) is 1. The molecule has 1 aliphatic heterocycles. The minimum absolute atomic E-state index is 0. The Morgan fingerprint density at radius 3 is 1.31 bits per heavy atom. The third kappa shape index (κ3) is 24.5. The molecule has 9 nitrogen and oxygen atoms in total. The largest absolute Gasteiger partial charge is 1.00 e. The number of carbonyl (C=O) groups excluding carboxylic acids is 2. The molecule has 0 saturated carbocycles. The van der Waals surface area contributed by atoms with Gasteiger partial charge in [0.15, 0.2) is 0 Å². The Hall–Kier alpha value is 0.770. The first-order valence-electron chi connectivity index (χ1n) is 17.3. The average molecular weight is 680 g/mol. The molecule has 1 rings (SSSR count). The van der Waals surface area contributed by atoms with Crippen LogP contribution in [0.2, 0.25) is 0 Å². The van der Waals surface area contributed by atoms with Gasteiger partial charge in [-0.25, -0.2) is 0 Å². The van der Waals surface area contributed by atoms with Crippen LogP contribution < -0.4 is 75.1 Å². The molecule has 45 heavy (non-hydrogen) atoms. The van der Waals surface area contributed by atoms with Crippen LogP contribution in [0.15, 0.2) is 0 Å². The number of carboxylic acid groups (broad SMARTS) is 2. The van der Waals surface area contributed by atoms with E-state index in [4.69, 9.17) is 10.5 Å². The van der Waals surface area contributed by atoms with Gasteiger partial charge < -0.3 is 30.3 Å². The van der Waals surface area contributed by atoms with Crippen LogP contribution in [0.25, 0.3) is 0 Å². The molecule has 0 radical (unpaired) electrons. The number of hydrogen-bond donors (Lipinski definition) is 2. The van der Waals surface area contributed by atoms with Gasteiger partial charge in [-0.05, 0) is 12.8 Å². The van der Waals surface area contributed by atoms with Crippen LogP contribution in [0.3, 0.4) is 0 Å². The van der Waals surface area contributed by atoms with Crippen molar-refractivity contribution in [2.45, 2.75) is 179 Å². The predicted molar refractivity (Wildman–Crippen MR) is 169 cm³/mol. The van der Waals surface area contributed by atoms with E-state index in [1.807, 2.05) is 0 Å². The van der Waals surface area contributed by atoms with Gasteiger partial charge in [0.1, 0.15) is 4.75 Å². The van der Waals surface area contributed by atoms with Gasteiger partial charge in [-0.15, -0.1) is 0 Å². The number of carbonyl (C=O) groups is 2. The molecule has 3 atom stereocenters. The van der Waals surface area contributed by atoms with Crippen molar-refractivity contribution in [3.63, 3.8) is 0 Å². The Bertz CT molecular complexity index is 815. The van der Waals surface area contributed by atoms with Gasteiger partial charge >= 0.3 is 59.1 Å². The number of aliphatic carboxylic acids is 2. The molecule has 1 fully saturated rings. The Morgan fingerprint density at radius 2 is 1.07 bits per heavy atom. The second-order valence-corrected chi connectivity index (χ2v) is 14.0. The summed E-state index contributed by atoms with van der Waals surface area (Å²) in [6.07, 6.45) is 22.1. The first-order chi connectivity index (χ1) is 20.6. The summed E-state index contributed by atoms with van der Waals surface area (Å²) in [5.41, 5.74) is 5.11. The van der Waals surface area contributed by atoms with Crippen molar-refractivity contribution in [2.24, 2.45) is 11.7 Å². The van der Waals surface area contributed by atoms with Gasteiger partial charge in [0, 0.05) is 18.4 Å². The molecule has 3 N–H and O–H groups in total. The van der Waals surface area contributed by atoms with E-state index < -0.39 is 39.1 Å². The maximum Gasteiger partial charge on any atom is 1.00 e. The van der Waals surface area contributed by atoms with Gasteiger partial charge in [-0.1, -0.05) is 155 Å². The van der Waals surface area contributed by atoms with Crippen LogP contribution in [0.1, 0.15) is 168 Å². The number of unbranched alkanes of at least 4 members (excludes halogenated alkanes) is 20. The summed E-state index contributed by atoms with van der Waals surface area (Å²) >= 11 is 0. The van der Waals surface area contributed by atoms with E-state index >= 15 is 0 Å². The van der Waals surface area contributed by atoms with E-state index in [2.05, 4.69) is 13.8 Å². The fourth-order valence-corrected chi connectivity index (χ4v) is 6.83.